The lowest BCUT2D eigenvalue weighted by molar-refractivity contribution is 0.122. The molecule has 1 atom stereocenters. The van der Waals surface area contributed by atoms with Crippen molar-refractivity contribution in [1.82, 2.24) is 5.32 Å². The molecule has 0 radical (unpaired) electrons. The second-order valence-electron chi connectivity index (χ2n) is 3.00. The molecule has 0 aliphatic heterocycles. The van der Waals surface area contributed by atoms with Gasteiger partial charge in [-0.2, -0.15) is 0 Å². The molecular formula is C8H22N2O3Si. The summed E-state index contributed by atoms with van der Waals surface area (Å²) in [5.74, 6) is 0. The highest BCUT2D eigenvalue weighted by Gasteiger charge is 2.37. The van der Waals surface area contributed by atoms with Crippen LogP contribution in [0, 0.1) is 0 Å². The second kappa shape index (κ2) is 7.33. The van der Waals surface area contributed by atoms with Crippen LogP contribution in [0.1, 0.15) is 13.3 Å². The number of hydrogen-bond donors (Lipinski definition) is 2. The summed E-state index contributed by atoms with van der Waals surface area (Å²) in [4.78, 5) is 0. The van der Waals surface area contributed by atoms with Crippen LogP contribution in [0.3, 0.4) is 0 Å². The van der Waals surface area contributed by atoms with Crippen molar-refractivity contribution in [3.05, 3.63) is 0 Å². The maximum absolute atomic E-state index is 5.80. The molecule has 0 aliphatic carbocycles. The van der Waals surface area contributed by atoms with E-state index in [2.05, 4.69) is 5.32 Å². The Hall–Kier alpha value is 0.0169. The van der Waals surface area contributed by atoms with Crippen molar-refractivity contribution in [2.75, 3.05) is 27.9 Å². The monoisotopic (exact) mass is 222 g/mol. The number of rotatable bonds is 8. The fourth-order valence-electron chi connectivity index (χ4n) is 1.25. The Morgan fingerprint density at radius 1 is 1.21 bits per heavy atom. The molecule has 0 amide bonds. The number of nitrogens with two attached hydrogens (primary N) is 1. The molecule has 0 fully saturated rings. The minimum Gasteiger partial charge on any atom is -0.377 e. The molecule has 0 aromatic carbocycles. The first-order valence-electron chi connectivity index (χ1n) is 4.78. The van der Waals surface area contributed by atoms with Crippen LogP contribution in [0.25, 0.3) is 0 Å². The Bertz CT molecular complexity index is 136. The van der Waals surface area contributed by atoms with Crippen molar-refractivity contribution < 1.29 is 13.3 Å². The maximum atomic E-state index is 5.80. The molecular weight excluding hydrogens is 200 g/mol. The van der Waals surface area contributed by atoms with E-state index in [0.29, 0.717) is 0 Å². The van der Waals surface area contributed by atoms with Crippen molar-refractivity contribution in [2.24, 2.45) is 5.73 Å². The molecule has 0 aliphatic rings. The van der Waals surface area contributed by atoms with Crippen LogP contribution in [0.15, 0.2) is 0 Å². The van der Waals surface area contributed by atoms with Gasteiger partial charge in [-0.25, -0.2) is 0 Å². The van der Waals surface area contributed by atoms with E-state index in [0.717, 1.165) is 19.0 Å². The van der Waals surface area contributed by atoms with E-state index in [1.165, 1.54) is 0 Å². The van der Waals surface area contributed by atoms with Crippen molar-refractivity contribution in [2.45, 2.75) is 25.6 Å². The summed E-state index contributed by atoms with van der Waals surface area (Å²) in [5, 5.41) is 3.12. The zero-order valence-electron chi connectivity index (χ0n) is 9.50. The summed E-state index contributed by atoms with van der Waals surface area (Å²) in [6, 6.07) is 0.727. The van der Waals surface area contributed by atoms with Gasteiger partial charge in [0.25, 0.3) is 0 Å². The quantitative estimate of drug-likeness (QED) is 0.452. The maximum Gasteiger partial charge on any atom is 0.500 e. The molecule has 86 valence electrons. The van der Waals surface area contributed by atoms with Crippen LogP contribution in [-0.2, 0) is 13.3 Å². The zero-order chi connectivity index (χ0) is 11.0. The van der Waals surface area contributed by atoms with Gasteiger partial charge in [-0.1, -0.05) is 6.92 Å². The van der Waals surface area contributed by atoms with E-state index in [4.69, 9.17) is 19.0 Å². The van der Waals surface area contributed by atoms with Crippen LogP contribution in [-0.4, -0.2) is 42.8 Å². The lowest BCUT2D eigenvalue weighted by Gasteiger charge is -2.25. The Kier molecular flexibility index (Phi) is 7.34. The molecule has 6 heteroatoms. The Morgan fingerprint density at radius 2 is 1.71 bits per heavy atom. The van der Waals surface area contributed by atoms with Crippen LogP contribution >= 0.6 is 0 Å². The first-order chi connectivity index (χ1) is 6.64. The SMILES string of the molecule is CCNC(N)CC[Si](OC)(OC)OC. The lowest BCUT2D eigenvalue weighted by atomic mass is 10.4. The predicted octanol–water partition coefficient (Wildman–Crippen LogP) is 0.149. The minimum atomic E-state index is -2.43. The minimum absolute atomic E-state index is 0.0210. The van der Waals surface area contributed by atoms with Gasteiger partial charge in [-0.15, -0.1) is 0 Å². The smallest absolute Gasteiger partial charge is 0.377 e. The van der Waals surface area contributed by atoms with Gasteiger partial charge in [0.1, 0.15) is 0 Å². The van der Waals surface area contributed by atoms with Gasteiger partial charge < -0.3 is 24.3 Å². The average Bonchev–Trinajstić information content (AvgIpc) is 2.21. The summed E-state index contributed by atoms with van der Waals surface area (Å²) in [5.41, 5.74) is 5.80. The Labute approximate surface area is 87.3 Å². The summed E-state index contributed by atoms with van der Waals surface area (Å²) < 4.78 is 15.8. The summed E-state index contributed by atoms with van der Waals surface area (Å²) in [6.07, 6.45) is 0.766. The molecule has 5 nitrogen and oxygen atoms in total. The topological polar surface area (TPSA) is 65.7 Å². The van der Waals surface area contributed by atoms with Gasteiger partial charge in [-0.05, 0) is 13.0 Å². The largest absolute Gasteiger partial charge is 0.500 e. The number of nitrogens with one attached hydrogen (secondary N) is 1. The van der Waals surface area contributed by atoms with Gasteiger partial charge in [0.05, 0.1) is 6.17 Å². The van der Waals surface area contributed by atoms with Crippen molar-refractivity contribution in [3.8, 4) is 0 Å². The highest BCUT2D eigenvalue weighted by atomic mass is 28.4. The van der Waals surface area contributed by atoms with E-state index in [1.807, 2.05) is 6.92 Å². The third-order valence-corrected chi connectivity index (χ3v) is 4.93. The Morgan fingerprint density at radius 3 is 2.07 bits per heavy atom. The van der Waals surface area contributed by atoms with Gasteiger partial charge in [0, 0.05) is 27.4 Å². The fraction of sp³-hybridized carbons (Fsp3) is 1.00. The van der Waals surface area contributed by atoms with E-state index in [1.54, 1.807) is 21.3 Å². The molecule has 0 spiro atoms. The molecule has 14 heavy (non-hydrogen) atoms. The zero-order valence-corrected chi connectivity index (χ0v) is 10.5. The van der Waals surface area contributed by atoms with Crippen molar-refractivity contribution in [1.29, 1.82) is 0 Å². The molecule has 0 rings (SSSR count). The number of hydrogen-bond acceptors (Lipinski definition) is 5. The van der Waals surface area contributed by atoms with E-state index in [-0.39, 0.29) is 6.17 Å². The molecule has 0 aromatic heterocycles. The predicted molar refractivity (Wildman–Crippen MR) is 57.9 cm³/mol. The summed E-state index contributed by atoms with van der Waals surface area (Å²) in [6.45, 7) is 2.89. The first-order valence-corrected chi connectivity index (χ1v) is 6.71. The molecule has 0 heterocycles. The first kappa shape index (κ1) is 14.0. The second-order valence-corrected chi connectivity index (χ2v) is 6.09. The molecule has 1 unspecified atom stereocenters. The van der Waals surface area contributed by atoms with Crippen LogP contribution in [0.4, 0.5) is 0 Å². The van der Waals surface area contributed by atoms with Crippen molar-refractivity contribution >= 4 is 8.80 Å². The van der Waals surface area contributed by atoms with Crippen LogP contribution < -0.4 is 11.1 Å². The van der Waals surface area contributed by atoms with Crippen molar-refractivity contribution in [3.63, 3.8) is 0 Å². The highest BCUT2D eigenvalue weighted by molar-refractivity contribution is 6.60. The highest BCUT2D eigenvalue weighted by Crippen LogP contribution is 2.15. The van der Waals surface area contributed by atoms with E-state index < -0.39 is 8.80 Å². The van der Waals surface area contributed by atoms with Gasteiger partial charge in [0.2, 0.25) is 0 Å². The summed E-state index contributed by atoms with van der Waals surface area (Å²) >= 11 is 0. The van der Waals surface area contributed by atoms with Gasteiger partial charge >= 0.3 is 8.80 Å². The molecule has 0 saturated heterocycles. The van der Waals surface area contributed by atoms with Crippen LogP contribution in [0.5, 0.6) is 0 Å². The molecule has 0 aromatic rings. The molecule has 0 bridgehead atoms. The third-order valence-electron chi connectivity index (χ3n) is 2.16. The normalized spacial score (nSPS) is 14.4. The van der Waals surface area contributed by atoms with E-state index in [9.17, 15) is 0 Å². The average molecular weight is 222 g/mol. The van der Waals surface area contributed by atoms with E-state index >= 15 is 0 Å². The van der Waals surface area contributed by atoms with Crippen LogP contribution in [0.2, 0.25) is 6.04 Å². The molecule has 3 N–H and O–H groups in total. The standard InChI is InChI=1S/C8H22N2O3Si/c1-5-10-8(9)6-7-14(11-2,12-3)13-4/h8,10H,5-7,9H2,1-4H3. The fourth-order valence-corrected chi connectivity index (χ4v) is 3.03. The van der Waals surface area contributed by atoms with Gasteiger partial charge in [0.15, 0.2) is 0 Å². The van der Waals surface area contributed by atoms with Gasteiger partial charge in [-0.3, -0.25) is 0 Å². The Balaban J connectivity index is 3.92. The summed E-state index contributed by atoms with van der Waals surface area (Å²) in [7, 11) is 2.40. The lowest BCUT2D eigenvalue weighted by Crippen LogP contribution is -2.46. The molecule has 0 saturated carbocycles. The third kappa shape index (κ3) is 4.49.